The van der Waals surface area contributed by atoms with Crippen molar-refractivity contribution in [1.29, 1.82) is 0 Å². The largest absolute Gasteiger partial charge is 0.356 e. The summed E-state index contributed by atoms with van der Waals surface area (Å²) in [6.07, 6.45) is 12.4. The van der Waals surface area contributed by atoms with Gasteiger partial charge in [-0.2, -0.15) is 0 Å². The first-order valence-corrected chi connectivity index (χ1v) is 12.1. The summed E-state index contributed by atoms with van der Waals surface area (Å²) in [6.45, 7) is 2.48. The highest BCUT2D eigenvalue weighted by Crippen LogP contribution is 2.55. The monoisotopic (exact) mass is 418 g/mol. The molecule has 5 rings (SSSR count). The predicted octanol–water partition coefficient (Wildman–Crippen LogP) is 2.55. The van der Waals surface area contributed by atoms with Crippen LogP contribution in [0, 0.1) is 17.8 Å². The van der Waals surface area contributed by atoms with Crippen LogP contribution < -0.4 is 16.0 Å². The highest BCUT2D eigenvalue weighted by atomic mass is 16.2. The van der Waals surface area contributed by atoms with Gasteiger partial charge in [-0.1, -0.05) is 6.42 Å². The third-order valence-electron chi connectivity index (χ3n) is 7.65. The average Bonchev–Trinajstić information content (AvgIpc) is 2.88. The minimum absolute atomic E-state index is 0.00581. The zero-order chi connectivity index (χ0) is 21.0. The maximum Gasteiger partial charge on any atom is 0.315 e. The van der Waals surface area contributed by atoms with Gasteiger partial charge >= 0.3 is 6.03 Å². The second-order valence-corrected chi connectivity index (χ2v) is 10.2. The van der Waals surface area contributed by atoms with Crippen molar-refractivity contribution in [2.45, 2.75) is 82.6 Å². The molecular formula is C23H38N4O3. The highest BCUT2D eigenvalue weighted by molar-refractivity contribution is 5.78. The van der Waals surface area contributed by atoms with E-state index in [1.54, 1.807) is 0 Å². The van der Waals surface area contributed by atoms with E-state index >= 15 is 0 Å². The molecule has 4 amide bonds. The Morgan fingerprint density at radius 2 is 1.63 bits per heavy atom. The number of amides is 4. The van der Waals surface area contributed by atoms with Crippen LogP contribution >= 0.6 is 0 Å². The molecule has 0 aromatic heterocycles. The molecule has 1 saturated heterocycles. The van der Waals surface area contributed by atoms with Crippen molar-refractivity contribution in [1.82, 2.24) is 20.9 Å². The van der Waals surface area contributed by atoms with Gasteiger partial charge in [-0.25, -0.2) is 4.79 Å². The first-order chi connectivity index (χ1) is 14.5. The Kier molecular flexibility index (Phi) is 6.84. The zero-order valence-electron chi connectivity index (χ0n) is 18.2. The number of likely N-dealkylation sites (tertiary alicyclic amines) is 1. The lowest BCUT2D eigenvalue weighted by molar-refractivity contribution is -0.130. The summed E-state index contributed by atoms with van der Waals surface area (Å²) in [5.74, 6) is 2.59. The molecule has 1 heterocycles. The summed E-state index contributed by atoms with van der Waals surface area (Å²) in [4.78, 5) is 38.3. The quantitative estimate of drug-likeness (QED) is 0.529. The van der Waals surface area contributed by atoms with Crippen molar-refractivity contribution in [3.8, 4) is 0 Å². The van der Waals surface area contributed by atoms with Crippen LogP contribution in [0.2, 0.25) is 0 Å². The van der Waals surface area contributed by atoms with Gasteiger partial charge in [0.2, 0.25) is 11.8 Å². The molecule has 1 aliphatic heterocycles. The molecule has 0 aromatic carbocycles. The van der Waals surface area contributed by atoms with Crippen molar-refractivity contribution < 1.29 is 14.4 Å². The molecule has 4 aliphatic carbocycles. The molecule has 30 heavy (non-hydrogen) atoms. The van der Waals surface area contributed by atoms with Crippen LogP contribution in [0.5, 0.6) is 0 Å². The standard InChI is InChI=1S/C23H38N4O3/c28-20(24-7-4-10-27-9-3-1-2-5-21(27)29)6-8-25-22(30)26-23-14-17-11-18(15-23)13-19(12-17)16-23/h17-19H,1-16H2,(H,24,28)(H2,25,26,30). The first kappa shape index (κ1) is 21.4. The van der Waals surface area contributed by atoms with Crippen LogP contribution in [0.1, 0.15) is 77.0 Å². The molecule has 7 heteroatoms. The molecule has 0 atom stereocenters. The van der Waals surface area contributed by atoms with E-state index in [0.29, 0.717) is 26.1 Å². The van der Waals surface area contributed by atoms with Crippen LogP contribution in [0.4, 0.5) is 4.79 Å². The number of urea groups is 1. The number of rotatable bonds is 8. The minimum atomic E-state index is -0.121. The van der Waals surface area contributed by atoms with E-state index in [-0.39, 0.29) is 29.8 Å². The SMILES string of the molecule is O=C(CCNC(=O)NC12CC3CC(CC(C3)C1)C2)NCCCN1CCCCCC1=O. The summed E-state index contributed by atoms with van der Waals surface area (Å²) in [5, 5.41) is 9.06. The van der Waals surface area contributed by atoms with E-state index in [1.807, 2.05) is 4.90 Å². The minimum Gasteiger partial charge on any atom is -0.356 e. The molecule has 168 valence electrons. The van der Waals surface area contributed by atoms with E-state index < -0.39 is 0 Å². The maximum atomic E-state index is 12.4. The summed E-state index contributed by atoms with van der Waals surface area (Å²) in [6, 6.07) is -0.121. The summed E-state index contributed by atoms with van der Waals surface area (Å²) in [5.41, 5.74) is 0.00581. The number of carbonyl (C=O) groups is 3. The van der Waals surface area contributed by atoms with Crippen LogP contribution in [0.3, 0.4) is 0 Å². The number of hydrogen-bond acceptors (Lipinski definition) is 3. The van der Waals surface area contributed by atoms with E-state index in [9.17, 15) is 14.4 Å². The Labute approximate surface area is 180 Å². The second-order valence-electron chi connectivity index (χ2n) is 10.2. The molecule has 0 unspecified atom stereocenters. The van der Waals surface area contributed by atoms with Gasteiger partial charge in [-0.15, -0.1) is 0 Å². The van der Waals surface area contributed by atoms with Crippen molar-refractivity contribution in [2.24, 2.45) is 17.8 Å². The number of carbonyl (C=O) groups excluding carboxylic acids is 3. The van der Waals surface area contributed by atoms with Gasteiger partial charge in [0.15, 0.2) is 0 Å². The lowest BCUT2D eigenvalue weighted by atomic mass is 9.53. The average molecular weight is 419 g/mol. The lowest BCUT2D eigenvalue weighted by Crippen LogP contribution is -2.61. The van der Waals surface area contributed by atoms with Crippen LogP contribution in [0.25, 0.3) is 0 Å². The normalized spacial score (nSPS) is 32.6. The Hall–Kier alpha value is -1.79. The molecular weight excluding hydrogens is 380 g/mol. The van der Waals surface area contributed by atoms with E-state index in [2.05, 4.69) is 16.0 Å². The maximum absolute atomic E-state index is 12.4. The molecule has 7 nitrogen and oxygen atoms in total. The van der Waals surface area contributed by atoms with Gasteiger partial charge in [0.1, 0.15) is 0 Å². The first-order valence-electron chi connectivity index (χ1n) is 12.1. The van der Waals surface area contributed by atoms with Crippen molar-refractivity contribution in [2.75, 3.05) is 26.2 Å². The molecule has 3 N–H and O–H groups in total. The van der Waals surface area contributed by atoms with Crippen molar-refractivity contribution in [3.05, 3.63) is 0 Å². The van der Waals surface area contributed by atoms with Crippen LogP contribution in [0.15, 0.2) is 0 Å². The molecule has 0 spiro atoms. The highest BCUT2D eigenvalue weighted by Gasteiger charge is 2.51. The third kappa shape index (κ3) is 5.46. The summed E-state index contributed by atoms with van der Waals surface area (Å²) >= 11 is 0. The second kappa shape index (κ2) is 9.56. The van der Waals surface area contributed by atoms with Gasteiger partial charge in [0.05, 0.1) is 0 Å². The Morgan fingerprint density at radius 1 is 0.933 bits per heavy atom. The lowest BCUT2D eigenvalue weighted by Gasteiger charge is -2.56. The fraction of sp³-hybridized carbons (Fsp3) is 0.870. The van der Waals surface area contributed by atoms with Crippen molar-refractivity contribution >= 4 is 17.8 Å². The van der Waals surface area contributed by atoms with E-state index in [4.69, 9.17) is 0 Å². The Morgan fingerprint density at radius 3 is 2.33 bits per heavy atom. The molecule has 4 saturated carbocycles. The smallest absolute Gasteiger partial charge is 0.315 e. The third-order valence-corrected chi connectivity index (χ3v) is 7.65. The molecule has 4 bridgehead atoms. The summed E-state index contributed by atoms with van der Waals surface area (Å²) < 4.78 is 0. The molecule has 5 aliphatic rings. The Bertz CT molecular complexity index is 615. The fourth-order valence-corrected chi connectivity index (χ4v) is 6.70. The van der Waals surface area contributed by atoms with Gasteiger partial charge in [-0.3, -0.25) is 9.59 Å². The van der Waals surface area contributed by atoms with Gasteiger partial charge in [-0.05, 0) is 75.5 Å². The van der Waals surface area contributed by atoms with Gasteiger partial charge < -0.3 is 20.9 Å². The van der Waals surface area contributed by atoms with Crippen LogP contribution in [-0.2, 0) is 9.59 Å². The van der Waals surface area contributed by atoms with Gasteiger partial charge in [0, 0.05) is 44.6 Å². The number of hydrogen-bond donors (Lipinski definition) is 3. The Balaban J connectivity index is 1.08. The topological polar surface area (TPSA) is 90.5 Å². The van der Waals surface area contributed by atoms with Gasteiger partial charge in [0.25, 0.3) is 0 Å². The molecule has 5 fully saturated rings. The van der Waals surface area contributed by atoms with Crippen LogP contribution in [-0.4, -0.2) is 54.5 Å². The zero-order valence-corrected chi connectivity index (χ0v) is 18.2. The number of nitrogens with zero attached hydrogens (tertiary/aromatic N) is 1. The predicted molar refractivity (Wildman–Crippen MR) is 115 cm³/mol. The van der Waals surface area contributed by atoms with E-state index in [1.165, 1.54) is 19.3 Å². The summed E-state index contributed by atoms with van der Waals surface area (Å²) in [7, 11) is 0. The van der Waals surface area contributed by atoms with Crippen molar-refractivity contribution in [3.63, 3.8) is 0 Å². The van der Waals surface area contributed by atoms with E-state index in [0.717, 1.165) is 69.2 Å². The molecule has 0 radical (unpaired) electrons. The molecule has 0 aromatic rings. The number of nitrogens with one attached hydrogen (secondary N) is 3. The fourth-order valence-electron chi connectivity index (χ4n) is 6.70.